The summed E-state index contributed by atoms with van der Waals surface area (Å²) in [4.78, 5) is 22.4. The Morgan fingerprint density at radius 2 is 1.81 bits per heavy atom. The topological polar surface area (TPSA) is 147 Å². The quantitative estimate of drug-likeness (QED) is 0.208. The van der Waals surface area contributed by atoms with E-state index in [-0.39, 0.29) is 17.9 Å². The number of nitrogens with one attached hydrogen (secondary N) is 1. The molecule has 0 radical (unpaired) electrons. The van der Waals surface area contributed by atoms with Gasteiger partial charge in [0.1, 0.15) is 23.6 Å². The highest BCUT2D eigenvalue weighted by atomic mass is 35.5. The lowest BCUT2D eigenvalue weighted by molar-refractivity contribution is 0.409. The number of anilines is 1. The summed E-state index contributed by atoms with van der Waals surface area (Å²) < 4.78 is 33.6. The maximum absolute atomic E-state index is 13.8. The molecule has 11 nitrogen and oxygen atoms in total. The minimum absolute atomic E-state index is 0.0450. The zero-order valence-corrected chi connectivity index (χ0v) is 24.5. The van der Waals surface area contributed by atoms with Gasteiger partial charge in [0.15, 0.2) is 5.65 Å². The molecule has 0 bridgehead atoms. The van der Waals surface area contributed by atoms with Gasteiger partial charge in [0.2, 0.25) is 10.9 Å². The van der Waals surface area contributed by atoms with E-state index in [1.165, 1.54) is 13.4 Å². The number of thiol groups is 1. The fourth-order valence-electron chi connectivity index (χ4n) is 5.24. The number of nitrogens with zero attached hydrogens (tertiary/aromatic N) is 5. The van der Waals surface area contributed by atoms with Gasteiger partial charge in [0, 0.05) is 42.0 Å². The molecule has 6 aromatic rings. The van der Waals surface area contributed by atoms with E-state index in [1.54, 1.807) is 27.4 Å². The van der Waals surface area contributed by atoms with Crippen molar-refractivity contribution in [3.8, 4) is 22.7 Å². The number of pyridine rings is 1. The van der Waals surface area contributed by atoms with Gasteiger partial charge in [-0.05, 0) is 47.9 Å². The highest BCUT2D eigenvalue weighted by Crippen LogP contribution is 2.33. The van der Waals surface area contributed by atoms with Gasteiger partial charge in [0.05, 0.1) is 22.9 Å². The number of aromatic nitrogens is 5. The molecule has 0 aliphatic heterocycles. The fraction of sp³-hybridized carbons (Fsp3) is 0.133. The normalized spacial score (nSPS) is 11.5. The number of nitrogen functional groups attached to an aromatic ring is 1. The molecular weight excluding hydrogens is 590 g/mol. The molecule has 0 aliphatic rings. The molecular formula is C30H26ClN7O4S. The van der Waals surface area contributed by atoms with Gasteiger partial charge in [-0.3, -0.25) is 9.36 Å². The van der Waals surface area contributed by atoms with Crippen LogP contribution in [0.15, 0.2) is 83.9 Å². The number of hydrogen-bond acceptors (Lipinski definition) is 8. The SMILES string of the molecule is COc1ccc(-c2nn(CCc3cc4cccc(Cl)c4c(=O)n3-c3ccccc3)c3ncnc(N)c23)cc1CN[SH](=O)=O. The van der Waals surface area contributed by atoms with E-state index in [2.05, 4.69) is 14.7 Å². The Hall–Kier alpha value is -4.78. The number of nitrogens with two attached hydrogens (primary N) is 1. The number of halogens is 1. The number of hydrogen-bond donors (Lipinski definition) is 3. The Kier molecular flexibility index (Phi) is 7.80. The van der Waals surface area contributed by atoms with Crippen LogP contribution in [0, 0.1) is 0 Å². The standard InChI is InChI=1S/C30H26ClN7O4S/c1-42-24-11-10-19(14-20(24)16-35-43(40)41)27-26-28(32)33-17-34-29(26)37(36-27)13-12-22-15-18-6-5-9-23(31)25(18)30(39)38(22)21-7-3-2-4-8-21/h2-11,14-15,17,43H,12-13,16H2,1H3,(H2,32,33,34)(H,35,40,41). The minimum Gasteiger partial charge on any atom is -0.496 e. The largest absolute Gasteiger partial charge is 0.496 e. The highest BCUT2D eigenvalue weighted by molar-refractivity contribution is 7.70. The highest BCUT2D eigenvalue weighted by Gasteiger charge is 2.20. The number of fused-ring (bicyclic) bond motifs is 2. The van der Waals surface area contributed by atoms with Crippen molar-refractivity contribution in [1.82, 2.24) is 29.0 Å². The molecule has 0 unspecified atom stereocenters. The van der Waals surface area contributed by atoms with Gasteiger partial charge < -0.3 is 10.5 Å². The number of para-hydroxylation sites is 1. The van der Waals surface area contributed by atoms with Gasteiger partial charge in [0.25, 0.3) is 5.56 Å². The van der Waals surface area contributed by atoms with Crippen LogP contribution < -0.4 is 20.8 Å². The van der Waals surface area contributed by atoms with Crippen LogP contribution in [0.3, 0.4) is 0 Å². The molecule has 43 heavy (non-hydrogen) atoms. The molecule has 0 saturated heterocycles. The van der Waals surface area contributed by atoms with Crippen molar-refractivity contribution in [2.45, 2.75) is 19.5 Å². The van der Waals surface area contributed by atoms with Gasteiger partial charge in [-0.2, -0.15) is 5.10 Å². The molecule has 0 spiro atoms. The Balaban J connectivity index is 1.45. The third-order valence-corrected chi connectivity index (χ3v) is 7.91. The second-order valence-corrected chi connectivity index (χ2v) is 11.0. The van der Waals surface area contributed by atoms with Crippen LogP contribution in [0.1, 0.15) is 11.3 Å². The summed E-state index contributed by atoms with van der Waals surface area (Å²) in [7, 11) is -1.28. The first-order valence-corrected chi connectivity index (χ1v) is 14.8. The van der Waals surface area contributed by atoms with Crippen LogP contribution in [0.5, 0.6) is 5.75 Å². The number of aryl methyl sites for hydroxylation is 2. The van der Waals surface area contributed by atoms with Crippen LogP contribution >= 0.6 is 11.6 Å². The Morgan fingerprint density at radius 3 is 2.58 bits per heavy atom. The molecule has 13 heteroatoms. The molecule has 0 amide bonds. The van der Waals surface area contributed by atoms with E-state index in [0.29, 0.717) is 57.0 Å². The fourth-order valence-corrected chi connectivity index (χ4v) is 5.80. The molecule has 0 saturated carbocycles. The first-order valence-electron chi connectivity index (χ1n) is 13.3. The lowest BCUT2D eigenvalue weighted by Crippen LogP contribution is -2.23. The summed E-state index contributed by atoms with van der Waals surface area (Å²) in [5.41, 5.74) is 9.98. The molecule has 3 aromatic carbocycles. The molecule has 3 aromatic heterocycles. The van der Waals surface area contributed by atoms with E-state index in [1.807, 2.05) is 54.6 Å². The average Bonchev–Trinajstić information content (AvgIpc) is 3.39. The van der Waals surface area contributed by atoms with Crippen molar-refractivity contribution in [2.75, 3.05) is 12.8 Å². The summed E-state index contributed by atoms with van der Waals surface area (Å²) in [5.74, 6) is 0.780. The second-order valence-electron chi connectivity index (χ2n) is 9.71. The van der Waals surface area contributed by atoms with Crippen LogP contribution in [0.2, 0.25) is 5.02 Å². The monoisotopic (exact) mass is 615 g/mol. The maximum atomic E-state index is 13.8. The number of benzene rings is 3. The summed E-state index contributed by atoms with van der Waals surface area (Å²) in [6, 6.07) is 22.1. The van der Waals surface area contributed by atoms with Crippen molar-refractivity contribution >= 4 is 50.1 Å². The van der Waals surface area contributed by atoms with Crippen LogP contribution in [-0.2, 0) is 30.4 Å². The van der Waals surface area contributed by atoms with E-state index in [4.69, 9.17) is 27.2 Å². The average molecular weight is 616 g/mol. The Labute approximate surface area is 252 Å². The summed E-state index contributed by atoms with van der Waals surface area (Å²) in [5, 5.41) is 7.03. The van der Waals surface area contributed by atoms with E-state index >= 15 is 0 Å². The van der Waals surface area contributed by atoms with Crippen molar-refractivity contribution in [3.63, 3.8) is 0 Å². The number of ether oxygens (including phenoxy) is 1. The first-order chi connectivity index (χ1) is 20.9. The molecule has 3 heterocycles. The van der Waals surface area contributed by atoms with Crippen molar-refractivity contribution in [1.29, 1.82) is 0 Å². The van der Waals surface area contributed by atoms with Gasteiger partial charge >= 0.3 is 0 Å². The van der Waals surface area contributed by atoms with Crippen LogP contribution in [-0.4, -0.2) is 39.8 Å². The second kappa shape index (κ2) is 11.8. The molecule has 0 aliphatic carbocycles. The lowest BCUT2D eigenvalue weighted by Gasteiger charge is -2.15. The van der Waals surface area contributed by atoms with Crippen LogP contribution in [0.25, 0.3) is 38.8 Å². The van der Waals surface area contributed by atoms with Gasteiger partial charge in [-0.25, -0.2) is 27.8 Å². The molecule has 3 N–H and O–H groups in total. The summed E-state index contributed by atoms with van der Waals surface area (Å²) >= 11 is 6.46. The third-order valence-electron chi connectivity index (χ3n) is 7.18. The van der Waals surface area contributed by atoms with Crippen LogP contribution in [0.4, 0.5) is 5.82 Å². The molecule has 0 atom stereocenters. The predicted octanol–water partition coefficient (Wildman–Crippen LogP) is 3.90. The van der Waals surface area contributed by atoms with Crippen molar-refractivity contribution < 1.29 is 13.2 Å². The Bertz CT molecular complexity index is 2120. The van der Waals surface area contributed by atoms with E-state index in [0.717, 1.165) is 16.8 Å². The molecule has 6 rings (SSSR count). The summed E-state index contributed by atoms with van der Waals surface area (Å²) in [6.45, 7) is 0.413. The first kappa shape index (κ1) is 28.3. The van der Waals surface area contributed by atoms with Crippen molar-refractivity contribution in [3.05, 3.63) is 106 Å². The van der Waals surface area contributed by atoms with E-state index in [9.17, 15) is 13.2 Å². The summed E-state index contributed by atoms with van der Waals surface area (Å²) in [6.07, 6.45) is 1.81. The van der Waals surface area contributed by atoms with Crippen molar-refractivity contribution in [2.24, 2.45) is 0 Å². The zero-order valence-electron chi connectivity index (χ0n) is 22.9. The lowest BCUT2D eigenvalue weighted by atomic mass is 10.1. The minimum atomic E-state index is -2.79. The number of methoxy groups -OCH3 is 1. The van der Waals surface area contributed by atoms with Gasteiger partial charge in [-0.15, -0.1) is 0 Å². The zero-order chi connectivity index (χ0) is 30.1. The molecule has 0 fully saturated rings. The van der Waals surface area contributed by atoms with Gasteiger partial charge in [-0.1, -0.05) is 41.9 Å². The Morgan fingerprint density at radius 1 is 1.00 bits per heavy atom. The number of rotatable bonds is 9. The smallest absolute Gasteiger partial charge is 0.264 e. The predicted molar refractivity (Wildman–Crippen MR) is 167 cm³/mol. The third kappa shape index (κ3) is 5.43. The van der Waals surface area contributed by atoms with E-state index < -0.39 is 10.9 Å². The maximum Gasteiger partial charge on any atom is 0.264 e. The molecule has 218 valence electrons.